The average molecular weight is 428 g/mol. The zero-order chi connectivity index (χ0) is 21.6. The molecule has 1 amide bonds. The van der Waals surface area contributed by atoms with Gasteiger partial charge in [0, 0.05) is 6.42 Å². The first-order chi connectivity index (χ1) is 14.5. The molecule has 1 aromatic heterocycles. The molecule has 160 valence electrons. The maximum Gasteiger partial charge on any atom is 0.231 e. The molecule has 1 heterocycles. The summed E-state index contributed by atoms with van der Waals surface area (Å²) in [5.41, 5.74) is 0.477. The highest BCUT2D eigenvalue weighted by atomic mass is 32.2. The maximum atomic E-state index is 12.6. The van der Waals surface area contributed by atoms with E-state index in [-0.39, 0.29) is 17.7 Å². The van der Waals surface area contributed by atoms with Gasteiger partial charge in [0.1, 0.15) is 11.6 Å². The molecule has 3 rings (SSSR count). The smallest absolute Gasteiger partial charge is 0.231 e. The fourth-order valence-corrected chi connectivity index (χ4v) is 4.85. The Balaban J connectivity index is 1.77. The fourth-order valence-electron chi connectivity index (χ4n) is 4.10. The number of nitriles is 1. The van der Waals surface area contributed by atoms with Crippen molar-refractivity contribution in [3.63, 3.8) is 0 Å². The van der Waals surface area contributed by atoms with Gasteiger partial charge in [0.25, 0.3) is 0 Å². The highest BCUT2D eigenvalue weighted by molar-refractivity contribution is 7.99. The van der Waals surface area contributed by atoms with Gasteiger partial charge in [0.15, 0.2) is 11.0 Å². The van der Waals surface area contributed by atoms with Crippen molar-refractivity contribution in [3.05, 3.63) is 41.7 Å². The van der Waals surface area contributed by atoms with Crippen LogP contribution in [-0.2, 0) is 11.3 Å². The summed E-state index contributed by atoms with van der Waals surface area (Å²) in [7, 11) is 4.25. The number of carbonyl (C=O) groups is 1. The number of carbonyl (C=O) groups excluding carboxylic acids is 1. The van der Waals surface area contributed by atoms with Gasteiger partial charge in [0.05, 0.1) is 32.5 Å². The molecule has 0 aliphatic heterocycles. The van der Waals surface area contributed by atoms with Gasteiger partial charge in [-0.3, -0.25) is 9.36 Å². The summed E-state index contributed by atoms with van der Waals surface area (Å²) in [5, 5.41) is 22.1. The summed E-state index contributed by atoms with van der Waals surface area (Å²) in [6, 6.07) is 12.8. The number of amides is 1. The van der Waals surface area contributed by atoms with Crippen LogP contribution in [0.1, 0.15) is 56.5 Å². The van der Waals surface area contributed by atoms with Crippen LogP contribution in [0.5, 0.6) is 0 Å². The van der Waals surface area contributed by atoms with E-state index >= 15 is 0 Å². The van der Waals surface area contributed by atoms with Gasteiger partial charge in [-0.2, -0.15) is 5.26 Å². The highest BCUT2D eigenvalue weighted by Crippen LogP contribution is 2.29. The molecule has 0 unspecified atom stereocenters. The molecular formula is C22H31N6OS+. The number of nitrogens with one attached hydrogen (secondary N) is 2. The Morgan fingerprint density at radius 3 is 2.60 bits per heavy atom. The summed E-state index contributed by atoms with van der Waals surface area (Å²) < 4.78 is 2.13. The van der Waals surface area contributed by atoms with E-state index in [9.17, 15) is 10.1 Å². The Morgan fingerprint density at radius 1 is 1.30 bits per heavy atom. The zero-order valence-electron chi connectivity index (χ0n) is 18.0. The summed E-state index contributed by atoms with van der Waals surface area (Å²) in [6.07, 6.45) is 4.39. The number of nitrogens with zero attached hydrogens (tertiary/aromatic N) is 4. The van der Waals surface area contributed by atoms with Crippen LogP contribution < -0.4 is 10.2 Å². The molecule has 1 aliphatic carbocycles. The predicted molar refractivity (Wildman–Crippen MR) is 117 cm³/mol. The van der Waals surface area contributed by atoms with Crippen molar-refractivity contribution >= 4 is 17.7 Å². The Labute approximate surface area is 182 Å². The number of benzene rings is 1. The van der Waals surface area contributed by atoms with E-state index < -0.39 is 5.54 Å². The molecule has 0 saturated heterocycles. The quantitative estimate of drug-likeness (QED) is 0.598. The van der Waals surface area contributed by atoms with Crippen molar-refractivity contribution in [2.75, 3.05) is 19.8 Å². The zero-order valence-corrected chi connectivity index (χ0v) is 18.8. The molecular weight excluding hydrogens is 396 g/mol. The second-order valence-electron chi connectivity index (χ2n) is 8.19. The Hall–Kier alpha value is -2.37. The van der Waals surface area contributed by atoms with E-state index in [2.05, 4.69) is 59.3 Å². The highest BCUT2D eigenvalue weighted by Gasteiger charge is 2.35. The van der Waals surface area contributed by atoms with Crippen LogP contribution in [0, 0.1) is 11.3 Å². The van der Waals surface area contributed by atoms with Crippen molar-refractivity contribution in [1.82, 2.24) is 20.1 Å². The summed E-state index contributed by atoms with van der Waals surface area (Å²) in [5.74, 6) is 1.04. The van der Waals surface area contributed by atoms with Crippen LogP contribution in [0.2, 0.25) is 0 Å². The van der Waals surface area contributed by atoms with Gasteiger partial charge in [-0.25, -0.2) is 0 Å². The molecule has 1 aliphatic rings. The number of thioether (sulfide) groups is 1. The minimum Gasteiger partial charge on any atom is -0.337 e. The summed E-state index contributed by atoms with van der Waals surface area (Å²) >= 11 is 1.39. The van der Waals surface area contributed by atoms with Gasteiger partial charge in [-0.1, -0.05) is 49.0 Å². The minimum atomic E-state index is -0.692. The number of quaternary nitrogens is 1. The molecule has 0 bridgehead atoms. The Kier molecular flexibility index (Phi) is 7.51. The SMILES string of the molecule is CC[C@H](c1nnc(SCC(=O)NC2(C#N)CCCC2)n1Cc1ccccc1)[NH+](C)C. The number of hydrogen-bond acceptors (Lipinski definition) is 5. The van der Waals surface area contributed by atoms with E-state index in [0.29, 0.717) is 6.54 Å². The van der Waals surface area contributed by atoms with Crippen molar-refractivity contribution < 1.29 is 9.69 Å². The molecule has 1 saturated carbocycles. The summed E-state index contributed by atoms with van der Waals surface area (Å²) in [6.45, 7) is 2.82. The van der Waals surface area contributed by atoms with Gasteiger partial charge in [0.2, 0.25) is 5.91 Å². The largest absolute Gasteiger partial charge is 0.337 e. The molecule has 0 spiro atoms. The molecule has 0 radical (unpaired) electrons. The third-order valence-corrected chi connectivity index (χ3v) is 6.69. The second-order valence-corrected chi connectivity index (χ2v) is 9.13. The summed E-state index contributed by atoms with van der Waals surface area (Å²) in [4.78, 5) is 13.9. The van der Waals surface area contributed by atoms with Crippen molar-refractivity contribution in [2.45, 2.75) is 62.3 Å². The normalized spacial score (nSPS) is 16.4. The lowest BCUT2D eigenvalue weighted by molar-refractivity contribution is -0.893. The van der Waals surface area contributed by atoms with Gasteiger partial charge < -0.3 is 10.2 Å². The second kappa shape index (κ2) is 10.1. The standard InChI is InChI=1S/C22H30N6OS/c1-4-18(27(2)3)20-25-26-21(28(20)14-17-10-6-5-7-11-17)30-15-19(29)24-22(16-23)12-8-9-13-22/h5-7,10-11,18H,4,8-9,12-15H2,1-3H3,(H,24,29)/p+1/t18-/m1/s1. The Bertz CT molecular complexity index is 883. The number of aromatic nitrogens is 3. The van der Waals surface area contributed by atoms with Crippen LogP contribution in [0.4, 0.5) is 0 Å². The van der Waals surface area contributed by atoms with Crippen LogP contribution in [0.3, 0.4) is 0 Å². The molecule has 1 aromatic carbocycles. The first-order valence-electron chi connectivity index (χ1n) is 10.6. The molecule has 1 fully saturated rings. The molecule has 8 heteroatoms. The average Bonchev–Trinajstić information content (AvgIpc) is 3.36. The minimum absolute atomic E-state index is 0.121. The molecule has 1 atom stereocenters. The molecule has 30 heavy (non-hydrogen) atoms. The lowest BCUT2D eigenvalue weighted by Crippen LogP contribution is -3.06. The Morgan fingerprint density at radius 2 is 2.00 bits per heavy atom. The van der Waals surface area contributed by atoms with E-state index in [1.807, 2.05) is 18.2 Å². The monoisotopic (exact) mass is 427 g/mol. The van der Waals surface area contributed by atoms with Crippen LogP contribution in [0.25, 0.3) is 0 Å². The van der Waals surface area contributed by atoms with Crippen molar-refractivity contribution in [1.29, 1.82) is 5.26 Å². The molecule has 2 aromatic rings. The topological polar surface area (TPSA) is 88.0 Å². The third kappa shape index (κ3) is 5.21. The first-order valence-corrected chi connectivity index (χ1v) is 11.6. The van der Waals surface area contributed by atoms with Crippen LogP contribution in [0.15, 0.2) is 35.5 Å². The lowest BCUT2D eigenvalue weighted by atomic mass is 10.0. The van der Waals surface area contributed by atoms with Gasteiger partial charge >= 0.3 is 0 Å². The van der Waals surface area contributed by atoms with E-state index in [1.54, 1.807) is 0 Å². The van der Waals surface area contributed by atoms with Crippen molar-refractivity contribution in [3.8, 4) is 6.07 Å². The number of rotatable bonds is 9. The third-order valence-electron chi connectivity index (χ3n) is 5.73. The maximum absolute atomic E-state index is 12.6. The van der Waals surface area contributed by atoms with E-state index in [1.165, 1.54) is 22.2 Å². The number of hydrogen-bond donors (Lipinski definition) is 2. The van der Waals surface area contributed by atoms with Crippen LogP contribution in [-0.4, -0.2) is 46.1 Å². The predicted octanol–water partition coefficient (Wildman–Crippen LogP) is 1.97. The van der Waals surface area contributed by atoms with E-state index in [4.69, 9.17) is 0 Å². The van der Waals surface area contributed by atoms with E-state index in [0.717, 1.165) is 43.1 Å². The van der Waals surface area contributed by atoms with Gasteiger partial charge in [-0.15, -0.1) is 10.2 Å². The molecule has 2 N–H and O–H groups in total. The van der Waals surface area contributed by atoms with Crippen LogP contribution >= 0.6 is 11.8 Å². The lowest BCUT2D eigenvalue weighted by Gasteiger charge is -2.22. The fraction of sp³-hybridized carbons (Fsp3) is 0.545. The molecule has 7 nitrogen and oxygen atoms in total. The first kappa shape index (κ1) is 22.3. The van der Waals surface area contributed by atoms with Gasteiger partial charge in [-0.05, 0) is 31.2 Å². The van der Waals surface area contributed by atoms with Crippen molar-refractivity contribution in [2.24, 2.45) is 0 Å².